The van der Waals surface area contributed by atoms with Crippen LogP contribution < -0.4 is 21.3 Å². The minimum Gasteiger partial charge on any atom is -0.361 e. The zero-order valence-electron chi connectivity index (χ0n) is 24.1. The van der Waals surface area contributed by atoms with Gasteiger partial charge in [0.1, 0.15) is 23.9 Å². The number of hydrogen-bond acceptors (Lipinski definition) is 7. The number of fused-ring (bicyclic) bond motifs is 1. The van der Waals surface area contributed by atoms with Gasteiger partial charge in [0.05, 0.1) is 6.07 Å². The largest absolute Gasteiger partial charge is 0.361 e. The topological polar surface area (TPSA) is 166 Å². The van der Waals surface area contributed by atoms with Crippen LogP contribution in [-0.2, 0) is 20.8 Å². The van der Waals surface area contributed by atoms with E-state index in [9.17, 15) is 24.4 Å². The van der Waals surface area contributed by atoms with Crippen molar-refractivity contribution in [3.8, 4) is 6.07 Å². The molecule has 1 saturated heterocycles. The van der Waals surface area contributed by atoms with Crippen LogP contribution in [0.25, 0.3) is 10.8 Å². The summed E-state index contributed by atoms with van der Waals surface area (Å²) in [7, 11) is 0. The Morgan fingerprint density at radius 3 is 2.51 bits per heavy atom. The molecule has 11 heteroatoms. The average molecular weight is 585 g/mol. The van der Waals surface area contributed by atoms with Crippen molar-refractivity contribution >= 4 is 34.4 Å². The summed E-state index contributed by atoms with van der Waals surface area (Å²) in [4.78, 5) is 52.6. The Morgan fingerprint density at radius 2 is 1.79 bits per heavy atom. The quantitative estimate of drug-likeness (QED) is 0.254. The molecular formula is C32H36N6O5. The van der Waals surface area contributed by atoms with E-state index in [-0.39, 0.29) is 36.3 Å². The molecule has 1 saturated carbocycles. The van der Waals surface area contributed by atoms with Gasteiger partial charge in [-0.3, -0.25) is 19.2 Å². The summed E-state index contributed by atoms with van der Waals surface area (Å²) in [5.74, 6) is -1.30. The molecule has 0 radical (unpaired) electrons. The lowest BCUT2D eigenvalue weighted by molar-refractivity contribution is -0.130. The minimum absolute atomic E-state index is 0.0455. The predicted molar refractivity (Wildman–Crippen MR) is 157 cm³/mol. The molecule has 4 N–H and O–H groups in total. The fraction of sp³-hybridized carbons (Fsp3) is 0.438. The summed E-state index contributed by atoms with van der Waals surface area (Å²) >= 11 is 0. The third-order valence-corrected chi connectivity index (χ3v) is 8.08. The lowest BCUT2D eigenvalue weighted by Gasteiger charge is -2.26. The normalized spacial score (nSPS) is 18.5. The molecule has 0 bridgehead atoms. The van der Waals surface area contributed by atoms with E-state index in [2.05, 4.69) is 32.5 Å². The number of nitriles is 1. The Hall–Kier alpha value is -4.72. The second-order valence-corrected chi connectivity index (χ2v) is 11.5. The summed E-state index contributed by atoms with van der Waals surface area (Å²) in [6.45, 7) is 2.28. The van der Waals surface area contributed by atoms with Crippen LogP contribution in [0.1, 0.15) is 60.3 Å². The molecule has 1 aliphatic carbocycles. The molecule has 224 valence electrons. The molecule has 2 aromatic carbocycles. The maximum atomic E-state index is 13.8. The molecule has 2 fully saturated rings. The zero-order chi connectivity index (χ0) is 30.3. The van der Waals surface area contributed by atoms with Gasteiger partial charge in [-0.25, -0.2) is 0 Å². The number of nitrogens with zero attached hydrogens (tertiary/aromatic N) is 2. The van der Waals surface area contributed by atoms with Crippen LogP contribution in [0.5, 0.6) is 0 Å². The second-order valence-electron chi connectivity index (χ2n) is 11.5. The lowest BCUT2D eigenvalue weighted by Crippen LogP contribution is -2.55. The monoisotopic (exact) mass is 584 g/mol. The van der Waals surface area contributed by atoms with Gasteiger partial charge in [0, 0.05) is 24.9 Å². The first-order valence-corrected chi connectivity index (χ1v) is 14.8. The summed E-state index contributed by atoms with van der Waals surface area (Å²) < 4.78 is 5.04. The molecule has 2 aliphatic rings. The van der Waals surface area contributed by atoms with E-state index in [0.717, 1.165) is 35.6 Å². The fourth-order valence-corrected chi connectivity index (χ4v) is 5.56. The molecule has 11 nitrogen and oxygen atoms in total. The maximum absolute atomic E-state index is 13.8. The highest BCUT2D eigenvalue weighted by Crippen LogP contribution is 2.33. The van der Waals surface area contributed by atoms with Gasteiger partial charge >= 0.3 is 0 Å². The predicted octanol–water partition coefficient (Wildman–Crippen LogP) is 2.69. The van der Waals surface area contributed by atoms with E-state index in [1.54, 1.807) is 6.92 Å². The molecule has 1 aliphatic heterocycles. The van der Waals surface area contributed by atoms with E-state index in [1.165, 1.54) is 6.07 Å². The van der Waals surface area contributed by atoms with Gasteiger partial charge in [-0.15, -0.1) is 0 Å². The number of benzene rings is 2. The Kier molecular flexibility index (Phi) is 9.35. The van der Waals surface area contributed by atoms with Crippen molar-refractivity contribution in [3.63, 3.8) is 0 Å². The Bertz CT molecular complexity index is 1530. The van der Waals surface area contributed by atoms with Gasteiger partial charge in [0.25, 0.3) is 5.91 Å². The third kappa shape index (κ3) is 7.77. The van der Waals surface area contributed by atoms with Crippen LogP contribution in [0.2, 0.25) is 0 Å². The molecule has 0 spiro atoms. The summed E-state index contributed by atoms with van der Waals surface area (Å²) in [6, 6.07) is 14.3. The summed E-state index contributed by atoms with van der Waals surface area (Å²) in [5.41, 5.74) is 0.900. The zero-order valence-corrected chi connectivity index (χ0v) is 24.1. The molecule has 5 rings (SSSR count). The Morgan fingerprint density at radius 1 is 1.02 bits per heavy atom. The van der Waals surface area contributed by atoms with Gasteiger partial charge in [-0.2, -0.15) is 5.26 Å². The van der Waals surface area contributed by atoms with Crippen LogP contribution >= 0.6 is 0 Å². The van der Waals surface area contributed by atoms with Crippen molar-refractivity contribution in [1.82, 2.24) is 26.4 Å². The fourth-order valence-electron chi connectivity index (χ4n) is 5.56. The lowest BCUT2D eigenvalue weighted by atomic mass is 9.92. The van der Waals surface area contributed by atoms with Crippen molar-refractivity contribution in [2.75, 3.05) is 6.54 Å². The summed E-state index contributed by atoms with van der Waals surface area (Å²) in [5, 5.41) is 26.7. The Labute approximate surface area is 249 Å². The van der Waals surface area contributed by atoms with Crippen molar-refractivity contribution < 1.29 is 23.7 Å². The first kappa shape index (κ1) is 29.8. The maximum Gasteiger partial charge on any atom is 0.274 e. The van der Waals surface area contributed by atoms with Crippen molar-refractivity contribution in [2.24, 2.45) is 11.8 Å². The first-order valence-electron chi connectivity index (χ1n) is 14.8. The molecular weight excluding hydrogens is 548 g/mol. The molecule has 3 aromatic rings. The molecule has 4 unspecified atom stereocenters. The van der Waals surface area contributed by atoms with Crippen molar-refractivity contribution in [1.29, 1.82) is 5.26 Å². The van der Waals surface area contributed by atoms with E-state index in [4.69, 9.17) is 4.52 Å². The first-order chi connectivity index (χ1) is 20.8. The van der Waals surface area contributed by atoms with Crippen LogP contribution in [0.3, 0.4) is 0 Å². The molecule has 1 aromatic heterocycles. The Balaban J connectivity index is 1.33. The van der Waals surface area contributed by atoms with E-state index >= 15 is 0 Å². The van der Waals surface area contributed by atoms with Crippen LogP contribution in [0, 0.1) is 30.1 Å². The summed E-state index contributed by atoms with van der Waals surface area (Å²) in [6.07, 6.45) is 4.16. The number of rotatable bonds is 12. The average Bonchev–Trinajstić information content (AvgIpc) is 3.72. The van der Waals surface area contributed by atoms with E-state index < -0.39 is 35.8 Å². The highest BCUT2D eigenvalue weighted by atomic mass is 16.5. The molecule has 43 heavy (non-hydrogen) atoms. The van der Waals surface area contributed by atoms with Crippen LogP contribution in [0.15, 0.2) is 53.1 Å². The highest BCUT2D eigenvalue weighted by Gasteiger charge is 2.34. The number of piperidine rings is 1. The van der Waals surface area contributed by atoms with Gasteiger partial charge in [0.15, 0.2) is 5.69 Å². The number of hydrogen-bond donors (Lipinski definition) is 4. The van der Waals surface area contributed by atoms with E-state index in [1.807, 2.05) is 42.5 Å². The van der Waals surface area contributed by atoms with Crippen molar-refractivity contribution in [3.05, 3.63) is 65.5 Å². The standard InChI is InChI=1S/C32H36N6O5/c1-19-14-28(38-43-19)32(42)37-27(17-22-8-4-7-21-6-2-3-10-25(21)22)31(41)36-26(15-20-11-12-20)30(40)35-24(18-33)16-23-9-5-13-34-29(23)39/h2-4,6-8,10,14,20,23-24,26-27H,5,9,11-13,15-17H2,1H3,(H,34,39)(H,35,40)(H,36,41)(H,37,42). The number of aryl methyl sites for hydroxylation is 1. The number of amides is 4. The third-order valence-electron chi connectivity index (χ3n) is 8.08. The minimum atomic E-state index is -1.03. The van der Waals surface area contributed by atoms with Crippen LogP contribution in [-0.4, -0.2) is 53.5 Å². The van der Waals surface area contributed by atoms with Gasteiger partial charge < -0.3 is 25.8 Å². The second kappa shape index (κ2) is 13.5. The number of nitrogens with one attached hydrogen (secondary N) is 4. The number of carbonyl (C=O) groups excluding carboxylic acids is 4. The number of carbonyl (C=O) groups is 4. The van der Waals surface area contributed by atoms with Crippen LogP contribution in [0.4, 0.5) is 0 Å². The highest BCUT2D eigenvalue weighted by molar-refractivity contribution is 5.98. The molecule has 2 heterocycles. The molecule has 4 amide bonds. The SMILES string of the molecule is Cc1cc(C(=O)NC(Cc2cccc3ccccc23)C(=O)NC(CC2CC2)C(=O)NC(C#N)CC2CCCNC2=O)no1. The van der Waals surface area contributed by atoms with Gasteiger partial charge in [-0.05, 0) is 54.9 Å². The van der Waals surface area contributed by atoms with Gasteiger partial charge in [-0.1, -0.05) is 60.5 Å². The van der Waals surface area contributed by atoms with E-state index in [0.29, 0.717) is 25.1 Å². The smallest absolute Gasteiger partial charge is 0.274 e. The number of aromatic nitrogens is 1. The van der Waals surface area contributed by atoms with Gasteiger partial charge in [0.2, 0.25) is 17.7 Å². The van der Waals surface area contributed by atoms with Crippen molar-refractivity contribution in [2.45, 2.75) is 70.0 Å². The molecule has 4 atom stereocenters.